The maximum Gasteiger partial charge on any atom is 0.251 e. The molecule has 9 heteroatoms. The van der Waals surface area contributed by atoms with Gasteiger partial charge in [0.15, 0.2) is 11.5 Å². The quantitative estimate of drug-likeness (QED) is 0.492. The molecule has 0 atom stereocenters. The molecule has 0 aliphatic rings. The van der Waals surface area contributed by atoms with Crippen molar-refractivity contribution < 1.29 is 22.7 Å². The van der Waals surface area contributed by atoms with Crippen LogP contribution in [0.25, 0.3) is 0 Å². The summed E-state index contributed by atoms with van der Waals surface area (Å²) >= 11 is 6.16. The van der Waals surface area contributed by atoms with Crippen molar-refractivity contribution in [1.82, 2.24) is 10.0 Å². The van der Waals surface area contributed by atoms with Crippen LogP contribution in [0.15, 0.2) is 71.6 Å². The first-order valence-electron chi connectivity index (χ1n) is 9.69. The van der Waals surface area contributed by atoms with E-state index in [9.17, 15) is 13.2 Å². The first kappa shape index (κ1) is 23.6. The van der Waals surface area contributed by atoms with Gasteiger partial charge in [-0.15, -0.1) is 0 Å². The van der Waals surface area contributed by atoms with E-state index in [-0.39, 0.29) is 24.0 Å². The summed E-state index contributed by atoms with van der Waals surface area (Å²) in [5.74, 6) is 0.559. The molecule has 168 valence electrons. The summed E-state index contributed by atoms with van der Waals surface area (Å²) in [5.41, 5.74) is 1.87. The average Bonchev–Trinajstić information content (AvgIpc) is 2.82. The molecule has 0 bridgehead atoms. The molecule has 0 unspecified atom stereocenters. The number of ether oxygens (including phenoxy) is 2. The molecule has 3 rings (SSSR count). The van der Waals surface area contributed by atoms with Gasteiger partial charge in [-0.05, 0) is 49.0 Å². The largest absolute Gasteiger partial charge is 0.493 e. The third-order valence-corrected chi connectivity index (χ3v) is 6.48. The Morgan fingerprint density at radius 1 is 1.00 bits per heavy atom. The number of benzene rings is 3. The number of amides is 1. The predicted octanol–water partition coefficient (Wildman–Crippen LogP) is 3.77. The van der Waals surface area contributed by atoms with E-state index in [0.29, 0.717) is 27.6 Å². The van der Waals surface area contributed by atoms with Crippen LogP contribution in [0.1, 0.15) is 21.5 Å². The van der Waals surface area contributed by atoms with Crippen LogP contribution in [-0.4, -0.2) is 28.5 Å². The molecule has 0 fully saturated rings. The summed E-state index contributed by atoms with van der Waals surface area (Å²) in [5, 5.41) is 3.39. The number of hydrogen-bond donors (Lipinski definition) is 2. The van der Waals surface area contributed by atoms with Crippen molar-refractivity contribution >= 4 is 27.5 Å². The number of carbonyl (C=O) groups is 1. The van der Waals surface area contributed by atoms with Crippen molar-refractivity contribution in [1.29, 1.82) is 0 Å². The molecule has 3 aromatic carbocycles. The van der Waals surface area contributed by atoms with E-state index in [0.717, 1.165) is 5.56 Å². The van der Waals surface area contributed by atoms with E-state index in [1.165, 1.54) is 26.3 Å². The van der Waals surface area contributed by atoms with Crippen molar-refractivity contribution in [2.24, 2.45) is 0 Å². The number of halogens is 1. The van der Waals surface area contributed by atoms with Crippen LogP contribution < -0.4 is 19.5 Å². The Balaban J connectivity index is 1.67. The van der Waals surface area contributed by atoms with Crippen LogP contribution in [0, 0.1) is 0 Å². The summed E-state index contributed by atoms with van der Waals surface area (Å²) in [6.07, 6.45) is 0. The summed E-state index contributed by atoms with van der Waals surface area (Å²) in [7, 11) is -0.716. The molecule has 0 saturated carbocycles. The normalized spacial score (nSPS) is 11.1. The van der Waals surface area contributed by atoms with Crippen LogP contribution in [-0.2, 0) is 23.2 Å². The third kappa shape index (κ3) is 5.79. The SMILES string of the molecule is CNS(=O)(=O)c1cccc(CNC(=O)c2ccc(OCc3ccccc3Cl)c(OC)c2)c1. The molecule has 2 N–H and O–H groups in total. The van der Waals surface area contributed by atoms with Gasteiger partial charge in [0.25, 0.3) is 5.91 Å². The Morgan fingerprint density at radius 3 is 2.50 bits per heavy atom. The molecular weight excluding hydrogens is 452 g/mol. The molecule has 0 aromatic heterocycles. The molecule has 3 aromatic rings. The van der Waals surface area contributed by atoms with Crippen molar-refractivity contribution in [2.75, 3.05) is 14.2 Å². The highest BCUT2D eigenvalue weighted by Crippen LogP contribution is 2.29. The summed E-state index contributed by atoms with van der Waals surface area (Å²) in [4.78, 5) is 12.7. The van der Waals surface area contributed by atoms with Gasteiger partial charge in [-0.25, -0.2) is 13.1 Å². The zero-order chi connectivity index (χ0) is 23.1. The molecule has 0 radical (unpaired) electrons. The third-order valence-electron chi connectivity index (χ3n) is 4.70. The van der Waals surface area contributed by atoms with Crippen LogP contribution in [0.4, 0.5) is 0 Å². The summed E-state index contributed by atoms with van der Waals surface area (Å²) < 4.78 is 37.3. The van der Waals surface area contributed by atoms with Gasteiger partial charge in [0.05, 0.1) is 12.0 Å². The van der Waals surface area contributed by atoms with Crippen molar-refractivity contribution in [3.8, 4) is 11.5 Å². The molecule has 0 aliphatic heterocycles. The van der Waals surface area contributed by atoms with Gasteiger partial charge in [0, 0.05) is 22.7 Å². The second kappa shape index (κ2) is 10.5. The van der Waals surface area contributed by atoms with E-state index in [1.807, 2.05) is 18.2 Å². The van der Waals surface area contributed by atoms with Crippen LogP contribution >= 0.6 is 11.6 Å². The highest BCUT2D eigenvalue weighted by Gasteiger charge is 2.14. The Hall–Kier alpha value is -3.07. The van der Waals surface area contributed by atoms with Crippen LogP contribution in [0.3, 0.4) is 0 Å². The molecule has 0 heterocycles. The molecule has 0 spiro atoms. The van der Waals surface area contributed by atoms with Gasteiger partial charge in [0.1, 0.15) is 6.61 Å². The lowest BCUT2D eigenvalue weighted by Crippen LogP contribution is -2.23. The average molecular weight is 475 g/mol. The number of nitrogens with one attached hydrogen (secondary N) is 2. The number of rotatable bonds is 9. The second-order valence-corrected chi connectivity index (χ2v) is 9.08. The zero-order valence-corrected chi connectivity index (χ0v) is 19.2. The van der Waals surface area contributed by atoms with Crippen LogP contribution in [0.2, 0.25) is 5.02 Å². The van der Waals surface area contributed by atoms with Gasteiger partial charge >= 0.3 is 0 Å². The molecule has 7 nitrogen and oxygen atoms in total. The molecule has 0 saturated heterocycles. The predicted molar refractivity (Wildman–Crippen MR) is 123 cm³/mol. The maximum absolute atomic E-state index is 12.6. The standard InChI is InChI=1S/C23H23ClN2O5S/c1-25-32(28,29)19-8-5-6-16(12-19)14-26-23(27)17-10-11-21(22(13-17)30-2)31-15-18-7-3-4-9-20(18)24/h3-13,25H,14-15H2,1-2H3,(H,26,27). The lowest BCUT2D eigenvalue weighted by atomic mass is 10.1. The fraction of sp³-hybridized carbons (Fsp3) is 0.174. The highest BCUT2D eigenvalue weighted by atomic mass is 35.5. The van der Waals surface area contributed by atoms with Gasteiger partial charge < -0.3 is 14.8 Å². The van der Waals surface area contributed by atoms with Gasteiger partial charge in [-0.2, -0.15) is 0 Å². The molecule has 32 heavy (non-hydrogen) atoms. The minimum absolute atomic E-state index is 0.133. The number of sulfonamides is 1. The van der Waals surface area contributed by atoms with E-state index >= 15 is 0 Å². The fourth-order valence-corrected chi connectivity index (χ4v) is 3.91. The minimum Gasteiger partial charge on any atom is -0.493 e. The second-order valence-electron chi connectivity index (χ2n) is 6.78. The summed E-state index contributed by atoms with van der Waals surface area (Å²) in [6.45, 7) is 0.423. The molecular formula is C23H23ClN2O5S. The van der Waals surface area contributed by atoms with Gasteiger partial charge in [0.2, 0.25) is 10.0 Å². The first-order valence-corrected chi connectivity index (χ1v) is 11.5. The Morgan fingerprint density at radius 2 is 1.78 bits per heavy atom. The van der Waals surface area contributed by atoms with Gasteiger partial charge in [-0.3, -0.25) is 4.79 Å². The maximum atomic E-state index is 12.6. The number of hydrogen-bond acceptors (Lipinski definition) is 5. The molecule has 0 aliphatic carbocycles. The van der Waals surface area contributed by atoms with Crippen molar-refractivity contribution in [2.45, 2.75) is 18.0 Å². The highest BCUT2D eigenvalue weighted by molar-refractivity contribution is 7.89. The lowest BCUT2D eigenvalue weighted by molar-refractivity contribution is 0.0950. The zero-order valence-electron chi connectivity index (χ0n) is 17.6. The Labute approximate surface area is 192 Å². The van der Waals surface area contributed by atoms with E-state index < -0.39 is 10.0 Å². The lowest BCUT2D eigenvalue weighted by Gasteiger charge is -2.13. The van der Waals surface area contributed by atoms with E-state index in [1.54, 1.807) is 36.4 Å². The molecule has 1 amide bonds. The van der Waals surface area contributed by atoms with Gasteiger partial charge in [-0.1, -0.05) is 41.9 Å². The first-order chi connectivity index (χ1) is 15.3. The van der Waals surface area contributed by atoms with E-state index in [4.69, 9.17) is 21.1 Å². The number of carbonyl (C=O) groups excluding carboxylic acids is 1. The smallest absolute Gasteiger partial charge is 0.251 e. The van der Waals surface area contributed by atoms with Crippen molar-refractivity contribution in [3.05, 3.63) is 88.4 Å². The van der Waals surface area contributed by atoms with E-state index in [2.05, 4.69) is 10.0 Å². The number of methoxy groups -OCH3 is 1. The minimum atomic E-state index is -3.55. The van der Waals surface area contributed by atoms with Crippen molar-refractivity contribution in [3.63, 3.8) is 0 Å². The Kier molecular flexibility index (Phi) is 7.74. The topological polar surface area (TPSA) is 93.7 Å². The Bertz CT molecular complexity index is 1210. The fourth-order valence-electron chi connectivity index (χ4n) is 2.92. The summed E-state index contributed by atoms with van der Waals surface area (Å²) in [6, 6.07) is 18.6. The van der Waals surface area contributed by atoms with Crippen LogP contribution in [0.5, 0.6) is 11.5 Å². The monoisotopic (exact) mass is 474 g/mol.